The highest BCUT2D eigenvalue weighted by molar-refractivity contribution is 6.07. The molecule has 1 fully saturated rings. The minimum absolute atomic E-state index is 0.0714. The highest BCUT2D eigenvalue weighted by Gasteiger charge is 2.36. The number of nitrogens with zero attached hydrogens (tertiary/aromatic N) is 1. The number of fused-ring (bicyclic) bond motifs is 3. The van der Waals surface area contributed by atoms with Crippen LogP contribution < -0.4 is 10.2 Å². The molecule has 0 spiro atoms. The molecule has 0 bridgehead atoms. The van der Waals surface area contributed by atoms with Crippen LogP contribution in [-0.4, -0.2) is 47.1 Å². The van der Waals surface area contributed by atoms with Gasteiger partial charge in [0.05, 0.1) is 22.6 Å². The number of esters is 1. The average Bonchev–Trinajstić information content (AvgIpc) is 3.32. The van der Waals surface area contributed by atoms with Gasteiger partial charge in [0.2, 0.25) is 11.7 Å². The number of aromatic nitrogens is 1. The summed E-state index contributed by atoms with van der Waals surface area (Å²) >= 11 is 0. The van der Waals surface area contributed by atoms with Gasteiger partial charge in [-0.15, -0.1) is 0 Å². The number of nitrogens with one attached hydrogen (secondary N) is 2. The summed E-state index contributed by atoms with van der Waals surface area (Å²) in [7, 11) is 0. The molecule has 8 nitrogen and oxygen atoms in total. The molecule has 2 aliphatic heterocycles. The number of hydrogen-bond donors (Lipinski definition) is 2. The Balaban J connectivity index is 1.52. The fraction of sp³-hybridized carbons (Fsp3) is 0.391. The van der Waals surface area contributed by atoms with Crippen LogP contribution in [0.15, 0.2) is 18.2 Å². The summed E-state index contributed by atoms with van der Waals surface area (Å²) in [5.41, 5.74) is 3.61. The first-order chi connectivity index (χ1) is 14.7. The summed E-state index contributed by atoms with van der Waals surface area (Å²) in [5, 5.41) is 2.86. The molecule has 0 radical (unpaired) electrons. The van der Waals surface area contributed by atoms with Crippen molar-refractivity contribution in [3.8, 4) is 0 Å². The van der Waals surface area contributed by atoms with Gasteiger partial charge in [0, 0.05) is 17.8 Å². The molecule has 2 atom stereocenters. The number of carbonyl (C=O) groups is 4. The van der Waals surface area contributed by atoms with Gasteiger partial charge in [0.1, 0.15) is 6.04 Å². The van der Waals surface area contributed by atoms with Gasteiger partial charge in [-0.2, -0.15) is 0 Å². The van der Waals surface area contributed by atoms with Gasteiger partial charge in [0.25, 0.3) is 0 Å². The fourth-order valence-corrected chi connectivity index (χ4v) is 4.57. The Morgan fingerprint density at radius 1 is 1.23 bits per heavy atom. The van der Waals surface area contributed by atoms with Gasteiger partial charge in [-0.05, 0) is 64.3 Å². The first kappa shape index (κ1) is 20.8. The Bertz CT molecular complexity index is 1120. The van der Waals surface area contributed by atoms with Crippen molar-refractivity contribution in [2.45, 2.75) is 52.7 Å². The third-order valence-corrected chi connectivity index (χ3v) is 6.04. The van der Waals surface area contributed by atoms with Gasteiger partial charge in [-0.1, -0.05) is 0 Å². The number of hydrogen-bond acceptors (Lipinski definition) is 6. The quantitative estimate of drug-likeness (QED) is 0.565. The van der Waals surface area contributed by atoms with E-state index in [4.69, 9.17) is 4.74 Å². The number of carbonyl (C=O) groups excluding carboxylic acids is 4. The van der Waals surface area contributed by atoms with Crippen molar-refractivity contribution in [2.75, 3.05) is 16.8 Å². The van der Waals surface area contributed by atoms with Crippen molar-refractivity contribution >= 4 is 34.8 Å². The first-order valence-corrected chi connectivity index (χ1v) is 10.4. The largest absolute Gasteiger partial charge is 0.451 e. The zero-order chi connectivity index (χ0) is 22.4. The zero-order valence-electron chi connectivity index (χ0n) is 18.0. The van der Waals surface area contributed by atoms with Crippen LogP contribution >= 0.6 is 0 Å². The van der Waals surface area contributed by atoms with E-state index in [9.17, 15) is 19.2 Å². The number of aromatic amines is 1. The van der Waals surface area contributed by atoms with Crippen LogP contribution in [0.5, 0.6) is 0 Å². The third-order valence-electron chi connectivity index (χ3n) is 6.04. The smallest absolute Gasteiger partial charge is 0.338 e. The van der Waals surface area contributed by atoms with E-state index in [2.05, 4.69) is 15.2 Å². The van der Waals surface area contributed by atoms with E-state index >= 15 is 0 Å². The topological polar surface area (TPSA) is 109 Å². The van der Waals surface area contributed by atoms with Gasteiger partial charge in [-0.3, -0.25) is 14.4 Å². The van der Waals surface area contributed by atoms with Crippen LogP contribution in [0.25, 0.3) is 0 Å². The molecule has 0 aliphatic carbocycles. The Morgan fingerprint density at radius 2 is 1.97 bits per heavy atom. The lowest BCUT2D eigenvalue weighted by Gasteiger charge is -2.33. The maximum absolute atomic E-state index is 12.8. The second-order valence-corrected chi connectivity index (χ2v) is 8.17. The van der Waals surface area contributed by atoms with Crippen LogP contribution in [0.1, 0.15) is 69.2 Å². The molecule has 1 amide bonds. The fourth-order valence-electron chi connectivity index (χ4n) is 4.57. The lowest BCUT2D eigenvalue weighted by Crippen LogP contribution is -2.43. The Morgan fingerprint density at radius 3 is 2.65 bits per heavy atom. The Kier molecular flexibility index (Phi) is 5.16. The van der Waals surface area contributed by atoms with Crippen molar-refractivity contribution < 1.29 is 23.9 Å². The van der Waals surface area contributed by atoms with E-state index in [1.807, 2.05) is 0 Å². The third kappa shape index (κ3) is 3.52. The second kappa shape index (κ2) is 7.68. The van der Waals surface area contributed by atoms with E-state index < -0.39 is 17.9 Å². The van der Waals surface area contributed by atoms with Crippen LogP contribution in [0.4, 0.5) is 11.4 Å². The molecular formula is C23H25N3O5. The molecular weight excluding hydrogens is 398 g/mol. The molecule has 0 saturated carbocycles. The molecule has 31 heavy (non-hydrogen) atoms. The van der Waals surface area contributed by atoms with Crippen molar-refractivity contribution in [2.24, 2.45) is 0 Å². The summed E-state index contributed by atoms with van der Waals surface area (Å²) < 4.78 is 5.40. The van der Waals surface area contributed by atoms with Crippen LogP contribution in [0.2, 0.25) is 0 Å². The standard InChI is InChI=1S/C23H25N3O5/c1-11-19(13(3)27)12(2)24-20(11)21(28)14(4)31-23(30)15-7-8-17-16(10-15)25-22(29)18-6-5-9-26(17)18/h7-8,10,14,18,24H,5-6,9H2,1-4H3,(H,25,29)/t14-,18-/m0/s1. The van der Waals surface area contributed by atoms with Gasteiger partial charge < -0.3 is 19.9 Å². The second-order valence-electron chi connectivity index (χ2n) is 8.17. The summed E-state index contributed by atoms with van der Waals surface area (Å²) in [4.78, 5) is 54.6. The number of benzene rings is 1. The SMILES string of the molecule is CC(=O)c1c(C)[nH]c(C(=O)[C@H](C)OC(=O)c2ccc3c(c2)NC(=O)[C@@H]2CCCN32)c1C. The molecule has 1 aromatic heterocycles. The molecule has 2 aliphatic rings. The normalized spacial score (nSPS) is 18.1. The molecule has 0 unspecified atom stereocenters. The monoisotopic (exact) mass is 423 g/mol. The van der Waals surface area contributed by atoms with Crippen molar-refractivity contribution in [3.05, 3.63) is 46.3 Å². The van der Waals surface area contributed by atoms with Crippen molar-refractivity contribution in [1.29, 1.82) is 0 Å². The molecule has 4 rings (SSSR count). The molecule has 2 N–H and O–H groups in total. The van der Waals surface area contributed by atoms with E-state index in [0.29, 0.717) is 22.5 Å². The lowest BCUT2D eigenvalue weighted by atomic mass is 10.0. The summed E-state index contributed by atoms with van der Waals surface area (Å²) in [5.74, 6) is -1.27. The maximum atomic E-state index is 12.8. The van der Waals surface area contributed by atoms with E-state index in [1.165, 1.54) is 13.8 Å². The average molecular weight is 423 g/mol. The molecule has 1 aromatic carbocycles. The number of amides is 1. The number of H-pyrrole nitrogens is 1. The first-order valence-electron chi connectivity index (χ1n) is 10.4. The van der Waals surface area contributed by atoms with Crippen molar-refractivity contribution in [3.63, 3.8) is 0 Å². The summed E-state index contributed by atoms with van der Waals surface area (Å²) in [6.07, 6.45) is 0.722. The van der Waals surface area contributed by atoms with E-state index in [0.717, 1.165) is 25.1 Å². The van der Waals surface area contributed by atoms with E-state index in [-0.39, 0.29) is 29.0 Å². The number of ether oxygens (including phenoxy) is 1. The van der Waals surface area contributed by atoms with E-state index in [1.54, 1.807) is 32.0 Å². The minimum Gasteiger partial charge on any atom is -0.451 e. The number of aryl methyl sites for hydroxylation is 1. The Labute approximate surface area is 179 Å². The number of Topliss-reactive ketones (excluding diaryl/α,β-unsaturated/α-hetero) is 2. The lowest BCUT2D eigenvalue weighted by molar-refractivity contribution is -0.117. The zero-order valence-corrected chi connectivity index (χ0v) is 18.0. The van der Waals surface area contributed by atoms with Crippen LogP contribution in [0.3, 0.4) is 0 Å². The minimum atomic E-state index is -1.04. The molecule has 8 heteroatoms. The number of anilines is 2. The maximum Gasteiger partial charge on any atom is 0.338 e. The molecule has 162 valence electrons. The number of ketones is 2. The predicted octanol–water partition coefficient (Wildman–Crippen LogP) is 3.18. The summed E-state index contributed by atoms with van der Waals surface area (Å²) in [6, 6.07) is 4.87. The predicted molar refractivity (Wildman–Crippen MR) is 115 cm³/mol. The van der Waals surface area contributed by atoms with Crippen LogP contribution in [-0.2, 0) is 9.53 Å². The summed E-state index contributed by atoms with van der Waals surface area (Å²) in [6.45, 7) is 7.17. The molecule has 1 saturated heterocycles. The highest BCUT2D eigenvalue weighted by atomic mass is 16.5. The highest BCUT2D eigenvalue weighted by Crippen LogP contribution is 2.37. The Hall–Kier alpha value is -3.42. The molecule has 3 heterocycles. The van der Waals surface area contributed by atoms with Crippen LogP contribution in [0, 0.1) is 13.8 Å². The van der Waals surface area contributed by atoms with Gasteiger partial charge in [-0.25, -0.2) is 4.79 Å². The van der Waals surface area contributed by atoms with Gasteiger partial charge in [0.15, 0.2) is 11.9 Å². The molecule has 2 aromatic rings. The van der Waals surface area contributed by atoms with Gasteiger partial charge >= 0.3 is 5.97 Å². The number of rotatable bonds is 5. The van der Waals surface area contributed by atoms with Crippen molar-refractivity contribution in [1.82, 2.24) is 4.98 Å².